The smallest absolute Gasteiger partial charge is 0.266 e. The number of carbonyl (C=O) groups excluding carboxylic acids is 1. The van der Waals surface area contributed by atoms with Gasteiger partial charge in [-0.25, -0.2) is 4.68 Å². The van der Waals surface area contributed by atoms with Gasteiger partial charge >= 0.3 is 0 Å². The zero-order chi connectivity index (χ0) is 26.2. The van der Waals surface area contributed by atoms with E-state index in [4.69, 9.17) is 22.1 Å². The summed E-state index contributed by atoms with van der Waals surface area (Å²) in [6.45, 7) is 7.83. The molecule has 2 heterocycles. The molecule has 1 atom stereocenters. The summed E-state index contributed by atoms with van der Waals surface area (Å²) < 4.78 is 8.37. The van der Waals surface area contributed by atoms with Crippen molar-refractivity contribution in [2.45, 2.75) is 52.9 Å². The van der Waals surface area contributed by atoms with Crippen molar-refractivity contribution in [1.82, 2.24) is 14.7 Å². The van der Waals surface area contributed by atoms with Crippen LogP contribution in [0.3, 0.4) is 0 Å². The lowest BCUT2D eigenvalue weighted by molar-refractivity contribution is -0.122. The second kappa shape index (κ2) is 13.1. The van der Waals surface area contributed by atoms with Crippen LogP contribution in [0.1, 0.15) is 58.4 Å². The van der Waals surface area contributed by atoms with Gasteiger partial charge in [0.05, 0.1) is 17.2 Å². The van der Waals surface area contributed by atoms with Crippen molar-refractivity contribution < 1.29 is 9.53 Å². The number of para-hydroxylation sites is 1. The molecular formula is C30H35N3O2S2. The minimum atomic E-state index is -0.0108. The maximum atomic E-state index is 13.4. The van der Waals surface area contributed by atoms with E-state index in [0.29, 0.717) is 28.3 Å². The molecule has 1 fully saturated rings. The van der Waals surface area contributed by atoms with Gasteiger partial charge in [-0.1, -0.05) is 94.3 Å². The van der Waals surface area contributed by atoms with E-state index < -0.39 is 0 Å². The van der Waals surface area contributed by atoms with Crippen molar-refractivity contribution in [2.75, 3.05) is 13.2 Å². The fourth-order valence-electron chi connectivity index (χ4n) is 4.36. The Morgan fingerprint density at radius 1 is 1.08 bits per heavy atom. The fourth-order valence-corrected chi connectivity index (χ4v) is 5.62. The Morgan fingerprint density at radius 3 is 2.62 bits per heavy atom. The van der Waals surface area contributed by atoms with Gasteiger partial charge in [-0.2, -0.15) is 5.10 Å². The number of ether oxygens (including phenoxy) is 1. The first-order chi connectivity index (χ1) is 18.0. The van der Waals surface area contributed by atoms with Crippen LogP contribution in [0.2, 0.25) is 0 Å². The van der Waals surface area contributed by atoms with Crippen molar-refractivity contribution in [3.63, 3.8) is 0 Å². The monoisotopic (exact) mass is 533 g/mol. The highest BCUT2D eigenvalue weighted by Crippen LogP contribution is 2.36. The quantitative estimate of drug-likeness (QED) is 0.176. The van der Waals surface area contributed by atoms with Gasteiger partial charge in [-0.15, -0.1) is 0 Å². The topological polar surface area (TPSA) is 47.4 Å². The number of carbonyl (C=O) groups is 1. The summed E-state index contributed by atoms with van der Waals surface area (Å²) >= 11 is 7.03. The second-order valence-electron chi connectivity index (χ2n) is 9.30. The Kier molecular flexibility index (Phi) is 9.58. The van der Waals surface area contributed by atoms with Gasteiger partial charge in [0.15, 0.2) is 0 Å². The van der Waals surface area contributed by atoms with Gasteiger partial charge in [0.25, 0.3) is 5.91 Å². The zero-order valence-corrected chi connectivity index (χ0v) is 23.5. The van der Waals surface area contributed by atoms with Crippen molar-refractivity contribution in [2.24, 2.45) is 5.92 Å². The molecule has 0 saturated carbocycles. The molecule has 37 heavy (non-hydrogen) atoms. The molecule has 1 aromatic heterocycles. The summed E-state index contributed by atoms with van der Waals surface area (Å²) in [6.07, 6.45) is 9.35. The second-order valence-corrected chi connectivity index (χ2v) is 11.0. The molecule has 0 N–H and O–H groups in total. The molecule has 0 aliphatic carbocycles. The predicted octanol–water partition coefficient (Wildman–Crippen LogP) is 7.75. The highest BCUT2D eigenvalue weighted by molar-refractivity contribution is 8.26. The molecule has 3 aromatic rings. The van der Waals surface area contributed by atoms with E-state index >= 15 is 0 Å². The number of nitrogens with zero attached hydrogens (tertiary/aromatic N) is 3. The highest BCUT2D eigenvalue weighted by Gasteiger charge is 2.33. The number of thiocarbonyl (C=S) groups is 1. The van der Waals surface area contributed by atoms with Gasteiger partial charge < -0.3 is 4.74 Å². The maximum Gasteiger partial charge on any atom is 0.266 e. The zero-order valence-electron chi connectivity index (χ0n) is 21.9. The van der Waals surface area contributed by atoms with E-state index in [-0.39, 0.29) is 5.91 Å². The fraction of sp³-hybridized carbons (Fsp3) is 0.367. The minimum absolute atomic E-state index is 0.0108. The molecule has 2 aromatic carbocycles. The molecule has 1 aliphatic rings. The number of amides is 1. The molecular weight excluding hydrogens is 498 g/mol. The van der Waals surface area contributed by atoms with Crippen LogP contribution in [0.5, 0.6) is 5.75 Å². The summed E-state index contributed by atoms with van der Waals surface area (Å²) in [5.74, 6) is 1.26. The molecule has 0 radical (unpaired) electrons. The van der Waals surface area contributed by atoms with Crippen LogP contribution < -0.4 is 4.74 Å². The molecule has 1 aliphatic heterocycles. The van der Waals surface area contributed by atoms with Crippen LogP contribution in [-0.4, -0.2) is 38.1 Å². The Labute approximate surface area is 229 Å². The number of thioether (sulfide) groups is 1. The van der Waals surface area contributed by atoms with Gasteiger partial charge in [-0.05, 0) is 49.1 Å². The molecule has 5 nitrogen and oxygen atoms in total. The van der Waals surface area contributed by atoms with Gasteiger partial charge in [0.1, 0.15) is 15.8 Å². The lowest BCUT2D eigenvalue weighted by Gasteiger charge is -2.21. The van der Waals surface area contributed by atoms with Gasteiger partial charge in [0, 0.05) is 23.9 Å². The Hall–Kier alpha value is -2.90. The van der Waals surface area contributed by atoms with Gasteiger partial charge in [-0.3, -0.25) is 9.69 Å². The Morgan fingerprint density at radius 2 is 1.89 bits per heavy atom. The lowest BCUT2D eigenvalue weighted by atomic mass is 9.99. The average molecular weight is 534 g/mol. The van der Waals surface area contributed by atoms with Crippen LogP contribution in [0.4, 0.5) is 0 Å². The van der Waals surface area contributed by atoms with Crippen LogP contribution in [-0.2, 0) is 4.79 Å². The molecule has 0 spiro atoms. The summed E-state index contributed by atoms with van der Waals surface area (Å²) in [7, 11) is 0. The number of aromatic nitrogens is 2. The molecule has 4 rings (SSSR count). The molecule has 194 valence electrons. The maximum absolute atomic E-state index is 13.4. The standard InChI is InChI=1S/C30H35N3O2S2/c1-4-7-12-22(6-3)20-32-29(34)27(37-30(32)36)19-24-21-33(25-14-9-8-10-15-25)31-28(24)23-13-11-16-26(18-23)35-17-5-2/h8-11,13-16,18-19,21-22H,4-7,12,17,20H2,1-3H3/b27-19-. The van der Waals surface area contributed by atoms with Crippen LogP contribution in [0.15, 0.2) is 65.7 Å². The van der Waals surface area contributed by atoms with E-state index in [1.807, 2.05) is 71.6 Å². The summed E-state index contributed by atoms with van der Waals surface area (Å²) in [5.41, 5.74) is 3.56. The van der Waals surface area contributed by atoms with Crippen molar-refractivity contribution in [3.8, 4) is 22.7 Å². The predicted molar refractivity (Wildman–Crippen MR) is 158 cm³/mol. The Bertz CT molecular complexity index is 1250. The summed E-state index contributed by atoms with van der Waals surface area (Å²) in [4.78, 5) is 15.9. The number of hydrogen-bond acceptors (Lipinski definition) is 5. The van der Waals surface area contributed by atoms with Crippen molar-refractivity contribution in [3.05, 3.63) is 71.3 Å². The summed E-state index contributed by atoms with van der Waals surface area (Å²) in [6, 6.07) is 18.0. The number of rotatable bonds is 12. The SMILES string of the molecule is CCCCC(CC)CN1C(=O)/C(=C/c2cn(-c3ccccc3)nc2-c2cccc(OCCC)c2)SC1=S. The first-order valence-corrected chi connectivity index (χ1v) is 14.4. The largest absolute Gasteiger partial charge is 0.494 e. The molecule has 1 saturated heterocycles. The molecule has 7 heteroatoms. The number of hydrogen-bond donors (Lipinski definition) is 0. The molecule has 1 amide bonds. The van der Waals surface area contributed by atoms with E-state index in [9.17, 15) is 4.79 Å². The van der Waals surface area contributed by atoms with E-state index in [1.165, 1.54) is 18.2 Å². The summed E-state index contributed by atoms with van der Waals surface area (Å²) in [5, 5.41) is 4.92. The van der Waals surface area contributed by atoms with Crippen LogP contribution in [0, 0.1) is 5.92 Å². The van der Waals surface area contributed by atoms with Gasteiger partial charge in [0.2, 0.25) is 0 Å². The molecule has 1 unspecified atom stereocenters. The third-order valence-corrected chi connectivity index (χ3v) is 7.87. The first-order valence-electron chi connectivity index (χ1n) is 13.2. The lowest BCUT2D eigenvalue weighted by Crippen LogP contribution is -2.33. The van der Waals surface area contributed by atoms with Crippen LogP contribution in [0.25, 0.3) is 23.0 Å². The van der Waals surface area contributed by atoms with E-state index in [1.54, 1.807) is 4.90 Å². The number of unbranched alkanes of at least 4 members (excludes halogenated alkanes) is 1. The Balaban J connectivity index is 1.68. The highest BCUT2D eigenvalue weighted by atomic mass is 32.2. The molecule has 0 bridgehead atoms. The van der Waals surface area contributed by atoms with E-state index in [0.717, 1.165) is 53.9 Å². The number of benzene rings is 2. The van der Waals surface area contributed by atoms with Crippen molar-refractivity contribution in [1.29, 1.82) is 0 Å². The third kappa shape index (κ3) is 6.70. The average Bonchev–Trinajstić information content (AvgIpc) is 3.46. The van der Waals surface area contributed by atoms with Crippen LogP contribution >= 0.6 is 24.0 Å². The normalized spacial score (nSPS) is 15.5. The van der Waals surface area contributed by atoms with E-state index in [2.05, 4.69) is 20.8 Å². The first kappa shape index (κ1) is 27.1. The van der Waals surface area contributed by atoms with Crippen molar-refractivity contribution >= 4 is 40.3 Å². The minimum Gasteiger partial charge on any atom is -0.494 e. The third-order valence-electron chi connectivity index (χ3n) is 6.49.